The molecule has 2 heterocycles. The quantitative estimate of drug-likeness (QED) is 0.574. The number of amides is 1. The number of hydrogen-bond acceptors (Lipinski definition) is 4. The van der Waals surface area contributed by atoms with Gasteiger partial charge in [0.1, 0.15) is 5.60 Å². The minimum absolute atomic E-state index is 0.238. The smallest absolute Gasteiger partial charge is 0.410 e. The van der Waals surface area contributed by atoms with Crippen LogP contribution >= 0.6 is 0 Å². The summed E-state index contributed by atoms with van der Waals surface area (Å²) in [5.41, 5.74) is -0.444. The molecule has 2 rings (SSSR count). The molecule has 2 fully saturated rings. The molecule has 7 nitrogen and oxygen atoms in total. The van der Waals surface area contributed by atoms with E-state index < -0.39 is 5.60 Å². The molecule has 26 heavy (non-hydrogen) atoms. The second-order valence-corrected chi connectivity index (χ2v) is 8.39. The number of guanidine groups is 1. The van der Waals surface area contributed by atoms with E-state index in [1.807, 2.05) is 20.8 Å². The largest absolute Gasteiger partial charge is 0.444 e. The summed E-state index contributed by atoms with van der Waals surface area (Å²) in [6, 6.07) is 0.238. The third-order valence-corrected chi connectivity index (χ3v) is 5.10. The first-order valence-corrected chi connectivity index (χ1v) is 9.98. The molecule has 0 aromatic heterocycles. The summed E-state index contributed by atoms with van der Waals surface area (Å²) >= 11 is 0. The molecule has 7 heteroatoms. The van der Waals surface area contributed by atoms with E-state index in [1.165, 1.54) is 38.9 Å². The van der Waals surface area contributed by atoms with E-state index in [0.29, 0.717) is 13.1 Å². The first-order valence-electron chi connectivity index (χ1n) is 9.98. The van der Waals surface area contributed by atoms with Crippen LogP contribution in [-0.2, 0) is 4.74 Å². The fraction of sp³-hybridized carbons (Fsp3) is 0.895. The fourth-order valence-corrected chi connectivity index (χ4v) is 3.42. The van der Waals surface area contributed by atoms with Gasteiger partial charge in [-0.1, -0.05) is 6.92 Å². The van der Waals surface area contributed by atoms with E-state index >= 15 is 0 Å². The molecule has 0 saturated carbocycles. The fourth-order valence-electron chi connectivity index (χ4n) is 3.42. The molecular formula is C19H37N5O2. The molecule has 0 unspecified atom stereocenters. The minimum atomic E-state index is -0.444. The standard InChI is InChI=1S/C19H37N5O2/c1-6-23-11-8-15(9-12-23)7-10-21-17(20-5)22-16-13-24(14-16)18(25)26-19(2,3)4/h15-16H,6-14H2,1-5H3,(H2,20,21,22). The number of rotatable bonds is 5. The number of carbonyl (C=O) groups is 1. The maximum absolute atomic E-state index is 12.0. The number of nitrogens with zero attached hydrogens (tertiary/aromatic N) is 3. The monoisotopic (exact) mass is 367 g/mol. The number of hydrogen-bond donors (Lipinski definition) is 2. The van der Waals surface area contributed by atoms with Gasteiger partial charge in [0.05, 0.1) is 6.04 Å². The normalized spacial score (nSPS) is 20.7. The number of nitrogens with one attached hydrogen (secondary N) is 2. The van der Waals surface area contributed by atoms with Crippen molar-refractivity contribution in [3.05, 3.63) is 0 Å². The van der Waals surface area contributed by atoms with Gasteiger partial charge in [0.15, 0.2) is 5.96 Å². The molecule has 0 atom stereocenters. The highest BCUT2D eigenvalue weighted by molar-refractivity contribution is 5.80. The lowest BCUT2D eigenvalue weighted by Gasteiger charge is -2.40. The van der Waals surface area contributed by atoms with Gasteiger partial charge in [-0.25, -0.2) is 4.79 Å². The second-order valence-electron chi connectivity index (χ2n) is 8.39. The van der Waals surface area contributed by atoms with Crippen LogP contribution in [0.3, 0.4) is 0 Å². The van der Waals surface area contributed by atoms with Gasteiger partial charge in [-0.2, -0.15) is 0 Å². The minimum Gasteiger partial charge on any atom is -0.444 e. The molecule has 0 aromatic rings. The first-order chi connectivity index (χ1) is 12.3. The number of aliphatic imine (C=N–C) groups is 1. The number of ether oxygens (including phenoxy) is 1. The predicted molar refractivity (Wildman–Crippen MR) is 106 cm³/mol. The van der Waals surface area contributed by atoms with Gasteiger partial charge in [-0.05, 0) is 65.6 Å². The predicted octanol–water partition coefficient (Wildman–Crippen LogP) is 1.89. The van der Waals surface area contributed by atoms with Crippen LogP contribution in [0.25, 0.3) is 0 Å². The Morgan fingerprint density at radius 1 is 1.23 bits per heavy atom. The van der Waals surface area contributed by atoms with Crippen LogP contribution in [-0.4, -0.2) is 79.8 Å². The zero-order valence-electron chi connectivity index (χ0n) is 17.2. The van der Waals surface area contributed by atoms with E-state index in [-0.39, 0.29) is 12.1 Å². The van der Waals surface area contributed by atoms with E-state index in [4.69, 9.17) is 4.74 Å². The van der Waals surface area contributed by atoms with Crippen molar-refractivity contribution in [3.8, 4) is 0 Å². The highest BCUT2D eigenvalue weighted by Crippen LogP contribution is 2.19. The number of carbonyl (C=O) groups excluding carboxylic acids is 1. The van der Waals surface area contributed by atoms with Crippen LogP contribution in [0, 0.1) is 5.92 Å². The highest BCUT2D eigenvalue weighted by Gasteiger charge is 2.34. The van der Waals surface area contributed by atoms with Crippen molar-refractivity contribution in [2.45, 2.75) is 58.6 Å². The summed E-state index contributed by atoms with van der Waals surface area (Å²) in [7, 11) is 1.79. The molecule has 0 radical (unpaired) electrons. The summed E-state index contributed by atoms with van der Waals surface area (Å²) in [5.74, 6) is 1.64. The molecule has 2 aliphatic rings. The van der Waals surface area contributed by atoms with Gasteiger partial charge in [0, 0.05) is 26.7 Å². The Morgan fingerprint density at radius 2 is 1.88 bits per heavy atom. The molecule has 2 aliphatic heterocycles. The van der Waals surface area contributed by atoms with E-state index in [0.717, 1.165) is 18.4 Å². The summed E-state index contributed by atoms with van der Waals surface area (Å²) in [6.45, 7) is 13.8. The summed E-state index contributed by atoms with van der Waals surface area (Å²) in [5, 5.41) is 6.80. The third kappa shape index (κ3) is 6.67. The average Bonchev–Trinajstić information content (AvgIpc) is 2.54. The van der Waals surface area contributed by atoms with Crippen molar-refractivity contribution in [1.82, 2.24) is 20.4 Å². The van der Waals surface area contributed by atoms with Crippen LogP contribution in [0.1, 0.15) is 47.0 Å². The van der Waals surface area contributed by atoms with Crippen LogP contribution in [0.15, 0.2) is 4.99 Å². The maximum atomic E-state index is 12.0. The highest BCUT2D eigenvalue weighted by atomic mass is 16.6. The van der Waals surface area contributed by atoms with Crippen LogP contribution in [0.4, 0.5) is 4.79 Å². The molecule has 0 bridgehead atoms. The number of piperidine rings is 1. The molecule has 150 valence electrons. The van der Waals surface area contributed by atoms with E-state index in [9.17, 15) is 4.79 Å². The number of likely N-dealkylation sites (tertiary alicyclic amines) is 2. The zero-order chi connectivity index (χ0) is 19.2. The van der Waals surface area contributed by atoms with Gasteiger partial charge in [0.2, 0.25) is 0 Å². The Balaban J connectivity index is 1.60. The van der Waals surface area contributed by atoms with Crippen molar-refractivity contribution in [2.75, 3.05) is 46.3 Å². The molecule has 0 aliphatic carbocycles. The van der Waals surface area contributed by atoms with Crippen LogP contribution in [0.2, 0.25) is 0 Å². The summed E-state index contributed by atoms with van der Waals surface area (Å²) < 4.78 is 5.38. The van der Waals surface area contributed by atoms with Gasteiger partial charge < -0.3 is 25.2 Å². The Morgan fingerprint density at radius 3 is 2.42 bits per heavy atom. The van der Waals surface area contributed by atoms with Gasteiger partial charge >= 0.3 is 6.09 Å². The van der Waals surface area contributed by atoms with Gasteiger partial charge in [-0.15, -0.1) is 0 Å². The maximum Gasteiger partial charge on any atom is 0.410 e. The Hall–Kier alpha value is -1.50. The topological polar surface area (TPSA) is 69.2 Å². The van der Waals surface area contributed by atoms with Crippen LogP contribution in [0.5, 0.6) is 0 Å². The van der Waals surface area contributed by atoms with Gasteiger partial charge in [-0.3, -0.25) is 4.99 Å². The van der Waals surface area contributed by atoms with Crippen LogP contribution < -0.4 is 10.6 Å². The Bertz CT molecular complexity index is 475. The van der Waals surface area contributed by atoms with Crippen molar-refractivity contribution < 1.29 is 9.53 Å². The van der Waals surface area contributed by atoms with Crippen molar-refractivity contribution >= 4 is 12.1 Å². The van der Waals surface area contributed by atoms with E-state index in [2.05, 4.69) is 27.4 Å². The molecule has 1 amide bonds. The summed E-state index contributed by atoms with van der Waals surface area (Å²) in [6.07, 6.45) is 3.55. The summed E-state index contributed by atoms with van der Waals surface area (Å²) in [4.78, 5) is 20.5. The zero-order valence-corrected chi connectivity index (χ0v) is 17.2. The lowest BCUT2D eigenvalue weighted by Crippen LogP contribution is -2.63. The van der Waals surface area contributed by atoms with Gasteiger partial charge in [0.25, 0.3) is 0 Å². The third-order valence-electron chi connectivity index (χ3n) is 5.10. The van der Waals surface area contributed by atoms with Crippen molar-refractivity contribution in [2.24, 2.45) is 10.9 Å². The molecule has 2 N–H and O–H groups in total. The second kappa shape index (κ2) is 9.44. The molecule has 2 saturated heterocycles. The van der Waals surface area contributed by atoms with E-state index in [1.54, 1.807) is 11.9 Å². The lowest BCUT2D eigenvalue weighted by atomic mass is 9.93. The molecule has 0 aromatic carbocycles. The molecular weight excluding hydrogens is 330 g/mol. The SMILES string of the molecule is CCN1CCC(CCNC(=NC)NC2CN(C(=O)OC(C)(C)C)C2)CC1. The average molecular weight is 368 g/mol. The Labute approximate surface area is 158 Å². The Kier molecular flexibility index (Phi) is 7.55. The van der Waals surface area contributed by atoms with Crippen molar-refractivity contribution in [1.29, 1.82) is 0 Å². The lowest BCUT2D eigenvalue weighted by molar-refractivity contribution is 0.00701. The molecule has 0 spiro atoms. The van der Waals surface area contributed by atoms with Crippen molar-refractivity contribution in [3.63, 3.8) is 0 Å². The first kappa shape index (κ1) is 20.8.